The summed E-state index contributed by atoms with van der Waals surface area (Å²) in [6.07, 6.45) is -2.88. The van der Waals surface area contributed by atoms with Crippen LogP contribution in [0.2, 0.25) is 0 Å². The summed E-state index contributed by atoms with van der Waals surface area (Å²) in [4.78, 5) is 34.7. The quantitative estimate of drug-likeness (QED) is 0.524. The van der Waals surface area contributed by atoms with Crippen molar-refractivity contribution in [2.24, 2.45) is 5.92 Å². The molecular formula is C15H21N5O6. The number of methoxy groups -OCH3 is 1. The fourth-order valence-electron chi connectivity index (χ4n) is 2.69. The summed E-state index contributed by atoms with van der Waals surface area (Å²) < 4.78 is 11.9. The molecule has 3 rings (SSSR count). The van der Waals surface area contributed by atoms with Crippen molar-refractivity contribution >= 4 is 23.0 Å². The van der Waals surface area contributed by atoms with Gasteiger partial charge < -0.3 is 19.7 Å². The number of aromatic nitrogens is 4. The number of amides is 1. The number of ether oxygens (including phenoxy) is 2. The van der Waals surface area contributed by atoms with Crippen molar-refractivity contribution in [3.63, 3.8) is 0 Å². The Balaban J connectivity index is 1.98. The summed E-state index contributed by atoms with van der Waals surface area (Å²) in [5.41, 5.74) is -0.413. The summed E-state index contributed by atoms with van der Waals surface area (Å²) in [5.74, 6) is -0.651. The van der Waals surface area contributed by atoms with Gasteiger partial charge in [0.15, 0.2) is 17.4 Å². The van der Waals surface area contributed by atoms with E-state index in [0.717, 1.165) is 0 Å². The predicted molar refractivity (Wildman–Crippen MR) is 89.4 cm³/mol. The van der Waals surface area contributed by atoms with Crippen LogP contribution in [-0.2, 0) is 14.3 Å². The van der Waals surface area contributed by atoms with Gasteiger partial charge in [-0.05, 0) is 0 Å². The van der Waals surface area contributed by atoms with E-state index >= 15 is 0 Å². The zero-order valence-electron chi connectivity index (χ0n) is 14.5. The van der Waals surface area contributed by atoms with Crippen LogP contribution in [-0.4, -0.2) is 67.7 Å². The highest BCUT2D eigenvalue weighted by molar-refractivity contribution is 5.91. The first-order valence-electron chi connectivity index (χ1n) is 8.11. The third-order valence-corrected chi connectivity index (χ3v) is 4.14. The van der Waals surface area contributed by atoms with Gasteiger partial charge in [-0.2, -0.15) is 4.98 Å². The maximum atomic E-state index is 12.2. The number of carbonyl (C=O) groups excluding carboxylic acids is 1. The number of aliphatic hydroxyl groups excluding tert-OH is 2. The Morgan fingerprint density at radius 2 is 2.19 bits per heavy atom. The second kappa shape index (κ2) is 7.11. The first-order chi connectivity index (χ1) is 12.3. The molecule has 0 saturated carbocycles. The monoisotopic (exact) mass is 367 g/mol. The van der Waals surface area contributed by atoms with E-state index < -0.39 is 30.1 Å². The lowest BCUT2D eigenvalue weighted by molar-refractivity contribution is -0.118. The van der Waals surface area contributed by atoms with Gasteiger partial charge in [-0.15, -0.1) is 0 Å². The Hall–Kier alpha value is -2.34. The Bertz CT molecular complexity index is 862. The average molecular weight is 367 g/mol. The van der Waals surface area contributed by atoms with Crippen molar-refractivity contribution in [3.05, 3.63) is 16.7 Å². The van der Waals surface area contributed by atoms with Gasteiger partial charge in [-0.3, -0.25) is 24.5 Å². The molecule has 1 aliphatic heterocycles. The van der Waals surface area contributed by atoms with Gasteiger partial charge in [0.25, 0.3) is 5.56 Å². The van der Waals surface area contributed by atoms with Gasteiger partial charge in [0.1, 0.15) is 18.3 Å². The third kappa shape index (κ3) is 3.21. The van der Waals surface area contributed by atoms with Crippen LogP contribution in [0.1, 0.15) is 20.1 Å². The van der Waals surface area contributed by atoms with Crippen molar-refractivity contribution in [1.82, 2.24) is 19.5 Å². The minimum absolute atomic E-state index is 0.0213. The second-order valence-corrected chi connectivity index (χ2v) is 6.38. The van der Waals surface area contributed by atoms with Gasteiger partial charge in [0.05, 0.1) is 12.9 Å². The van der Waals surface area contributed by atoms with Gasteiger partial charge >= 0.3 is 0 Å². The third-order valence-electron chi connectivity index (χ3n) is 4.14. The maximum absolute atomic E-state index is 12.2. The van der Waals surface area contributed by atoms with Gasteiger partial charge in [0, 0.05) is 13.0 Å². The molecule has 2 aromatic rings. The zero-order valence-corrected chi connectivity index (χ0v) is 14.5. The summed E-state index contributed by atoms with van der Waals surface area (Å²) in [6.45, 7) is 3.50. The number of fused-ring (bicyclic) bond motifs is 1. The Labute approximate surface area is 148 Å². The molecule has 2 aromatic heterocycles. The first-order valence-corrected chi connectivity index (χ1v) is 8.11. The van der Waals surface area contributed by atoms with E-state index in [1.165, 1.54) is 18.0 Å². The standard InChI is InChI=1S/C15H21N5O6/c1-6(2)12(23)18-15-17-11-8(13(24)19-15)16-5-20(11)14-10(22)9(21)7(26-14)4-25-3/h5-7,9-10,14,21-22H,4H2,1-3H3,(H2,17,18,19,23,24)/t7-,9-,10-,14-/m1/s1. The summed E-state index contributed by atoms with van der Waals surface area (Å²) in [6, 6.07) is 0. The molecule has 3 heterocycles. The van der Waals surface area contributed by atoms with E-state index in [1.807, 2.05) is 0 Å². The number of imidazole rings is 1. The molecule has 1 amide bonds. The predicted octanol–water partition coefficient (Wildman–Crippen LogP) is -1.02. The normalized spacial score (nSPS) is 25.9. The maximum Gasteiger partial charge on any atom is 0.280 e. The highest BCUT2D eigenvalue weighted by atomic mass is 16.6. The molecule has 0 bridgehead atoms. The number of hydrogen-bond donors (Lipinski definition) is 4. The Morgan fingerprint density at radius 1 is 1.46 bits per heavy atom. The smallest absolute Gasteiger partial charge is 0.280 e. The number of nitrogens with zero attached hydrogens (tertiary/aromatic N) is 3. The number of carbonyl (C=O) groups is 1. The molecule has 0 aromatic carbocycles. The van der Waals surface area contributed by atoms with Crippen LogP contribution in [0.3, 0.4) is 0 Å². The van der Waals surface area contributed by atoms with Crippen molar-refractivity contribution in [2.45, 2.75) is 38.4 Å². The molecule has 4 N–H and O–H groups in total. The van der Waals surface area contributed by atoms with Crippen molar-refractivity contribution in [3.8, 4) is 0 Å². The van der Waals surface area contributed by atoms with Gasteiger partial charge in [-0.25, -0.2) is 4.98 Å². The molecule has 11 heteroatoms. The molecule has 0 unspecified atom stereocenters. The zero-order chi connectivity index (χ0) is 19.0. The van der Waals surface area contributed by atoms with Crippen molar-refractivity contribution in [1.29, 1.82) is 0 Å². The lowest BCUT2D eigenvalue weighted by atomic mass is 10.1. The van der Waals surface area contributed by atoms with Crippen LogP contribution in [0.5, 0.6) is 0 Å². The number of aliphatic hydroxyl groups is 2. The fraction of sp³-hybridized carbons (Fsp3) is 0.600. The van der Waals surface area contributed by atoms with Crippen LogP contribution in [0, 0.1) is 5.92 Å². The van der Waals surface area contributed by atoms with Crippen molar-refractivity contribution < 1.29 is 24.5 Å². The Morgan fingerprint density at radius 3 is 2.85 bits per heavy atom. The number of nitrogens with one attached hydrogen (secondary N) is 2. The van der Waals surface area contributed by atoms with Crippen LogP contribution in [0.15, 0.2) is 11.1 Å². The second-order valence-electron chi connectivity index (χ2n) is 6.38. The largest absolute Gasteiger partial charge is 0.387 e. The van der Waals surface area contributed by atoms with Gasteiger partial charge in [-0.1, -0.05) is 13.8 Å². The van der Waals surface area contributed by atoms with E-state index in [0.29, 0.717) is 0 Å². The van der Waals surface area contributed by atoms with Crippen LogP contribution in [0.4, 0.5) is 5.95 Å². The molecule has 142 valence electrons. The van der Waals surface area contributed by atoms with E-state index in [4.69, 9.17) is 9.47 Å². The number of anilines is 1. The molecule has 11 nitrogen and oxygen atoms in total. The summed E-state index contributed by atoms with van der Waals surface area (Å²) in [7, 11) is 1.45. The van der Waals surface area contributed by atoms with Crippen LogP contribution >= 0.6 is 0 Å². The van der Waals surface area contributed by atoms with E-state index in [2.05, 4.69) is 20.3 Å². The SMILES string of the molecule is COC[C@H]1O[C@@H](n2cnc3c(=O)[nH]c(NC(=O)C(C)C)nc32)[C@H](O)[C@@H]1O. The lowest BCUT2D eigenvalue weighted by Crippen LogP contribution is -2.33. The highest BCUT2D eigenvalue weighted by Crippen LogP contribution is 2.31. The molecule has 4 atom stereocenters. The number of hydrogen-bond acceptors (Lipinski definition) is 8. The fourth-order valence-corrected chi connectivity index (χ4v) is 2.69. The number of H-pyrrole nitrogens is 1. The minimum atomic E-state index is -1.26. The molecule has 0 aliphatic carbocycles. The number of rotatable bonds is 5. The van der Waals surface area contributed by atoms with E-state index in [9.17, 15) is 19.8 Å². The highest BCUT2D eigenvalue weighted by Gasteiger charge is 2.44. The molecule has 1 fully saturated rings. The van der Waals surface area contributed by atoms with E-state index in [-0.39, 0.29) is 35.5 Å². The van der Waals surface area contributed by atoms with Crippen LogP contribution in [0.25, 0.3) is 11.2 Å². The first kappa shape index (κ1) is 18.5. The topological polar surface area (TPSA) is 152 Å². The van der Waals surface area contributed by atoms with Crippen molar-refractivity contribution in [2.75, 3.05) is 19.0 Å². The molecule has 0 spiro atoms. The number of aromatic amines is 1. The molecule has 0 radical (unpaired) electrons. The molecule has 26 heavy (non-hydrogen) atoms. The molecular weight excluding hydrogens is 346 g/mol. The molecule has 1 aliphatic rings. The summed E-state index contributed by atoms with van der Waals surface area (Å²) in [5, 5.41) is 22.9. The molecule has 1 saturated heterocycles. The summed E-state index contributed by atoms with van der Waals surface area (Å²) >= 11 is 0. The average Bonchev–Trinajstić information content (AvgIpc) is 3.12. The minimum Gasteiger partial charge on any atom is -0.387 e. The van der Waals surface area contributed by atoms with Gasteiger partial charge in [0.2, 0.25) is 11.9 Å². The van der Waals surface area contributed by atoms with E-state index in [1.54, 1.807) is 13.8 Å². The van der Waals surface area contributed by atoms with Crippen LogP contribution < -0.4 is 10.9 Å². The Kier molecular flexibility index (Phi) is 5.05. The lowest BCUT2D eigenvalue weighted by Gasteiger charge is -2.16.